The lowest BCUT2D eigenvalue weighted by molar-refractivity contribution is 0.270. The number of thiazole rings is 1. The van der Waals surface area contributed by atoms with Crippen molar-refractivity contribution in [1.82, 2.24) is 10.3 Å². The van der Waals surface area contributed by atoms with Crippen molar-refractivity contribution < 1.29 is 0 Å². The van der Waals surface area contributed by atoms with Crippen LogP contribution in [0.5, 0.6) is 0 Å². The molecule has 0 saturated heterocycles. The second kappa shape index (κ2) is 5.66. The molecule has 106 valence electrons. The van der Waals surface area contributed by atoms with Gasteiger partial charge >= 0.3 is 0 Å². The molecule has 1 aliphatic rings. The lowest BCUT2D eigenvalue weighted by atomic mass is 9.74. The third-order valence-corrected chi connectivity index (χ3v) is 5.40. The van der Waals surface area contributed by atoms with E-state index in [0.29, 0.717) is 12.1 Å². The quantitative estimate of drug-likeness (QED) is 0.903. The average Bonchev–Trinajstić information content (AvgIpc) is 2.81. The molecule has 2 aromatic rings. The van der Waals surface area contributed by atoms with Gasteiger partial charge in [-0.2, -0.15) is 0 Å². The fourth-order valence-corrected chi connectivity index (χ4v) is 3.86. The molecular weight excluding hydrogens is 264 g/mol. The number of nitrogens with zero attached hydrogens (tertiary/aromatic N) is 1. The Labute approximate surface area is 125 Å². The minimum absolute atomic E-state index is 0.372. The van der Waals surface area contributed by atoms with Crippen molar-refractivity contribution in [2.75, 3.05) is 0 Å². The first-order valence-electron chi connectivity index (χ1n) is 7.37. The third-order valence-electron chi connectivity index (χ3n) is 4.26. The van der Waals surface area contributed by atoms with Crippen molar-refractivity contribution >= 4 is 11.3 Å². The van der Waals surface area contributed by atoms with Gasteiger partial charge in [-0.25, -0.2) is 4.98 Å². The Kier molecular flexibility index (Phi) is 3.90. The molecule has 3 rings (SSSR count). The van der Waals surface area contributed by atoms with E-state index in [1.807, 2.05) is 0 Å². The van der Waals surface area contributed by atoms with E-state index in [1.54, 1.807) is 11.3 Å². The van der Waals surface area contributed by atoms with Gasteiger partial charge in [-0.3, -0.25) is 0 Å². The van der Waals surface area contributed by atoms with E-state index < -0.39 is 0 Å². The molecular formula is C17H22N2S. The van der Waals surface area contributed by atoms with E-state index in [9.17, 15) is 0 Å². The van der Waals surface area contributed by atoms with Crippen LogP contribution >= 0.6 is 11.3 Å². The Morgan fingerprint density at radius 2 is 2.00 bits per heavy atom. The van der Waals surface area contributed by atoms with Crippen LogP contribution in [0.4, 0.5) is 0 Å². The summed E-state index contributed by atoms with van der Waals surface area (Å²) in [4.78, 5) is 4.57. The first-order valence-corrected chi connectivity index (χ1v) is 8.25. The van der Waals surface area contributed by atoms with Gasteiger partial charge in [0, 0.05) is 17.1 Å². The number of nitrogens with one attached hydrogen (secondary N) is 1. The Morgan fingerprint density at radius 1 is 1.25 bits per heavy atom. The summed E-state index contributed by atoms with van der Waals surface area (Å²) in [5, 5.41) is 7.05. The molecule has 1 saturated carbocycles. The summed E-state index contributed by atoms with van der Waals surface area (Å²) in [5.74, 6) is 0.735. The average molecular weight is 286 g/mol. The van der Waals surface area contributed by atoms with Gasteiger partial charge in [-0.05, 0) is 50.7 Å². The zero-order chi connectivity index (χ0) is 14.1. The van der Waals surface area contributed by atoms with E-state index in [-0.39, 0.29) is 0 Å². The van der Waals surface area contributed by atoms with Gasteiger partial charge in [0.2, 0.25) is 0 Å². The van der Waals surface area contributed by atoms with Gasteiger partial charge < -0.3 is 5.32 Å². The molecule has 0 bridgehead atoms. The highest BCUT2D eigenvalue weighted by molar-refractivity contribution is 7.09. The molecule has 0 aliphatic heterocycles. The topological polar surface area (TPSA) is 24.9 Å². The van der Waals surface area contributed by atoms with Crippen molar-refractivity contribution in [3.63, 3.8) is 0 Å². The summed E-state index contributed by atoms with van der Waals surface area (Å²) >= 11 is 1.76. The van der Waals surface area contributed by atoms with Crippen LogP contribution in [0, 0.1) is 13.8 Å². The highest BCUT2D eigenvalue weighted by Gasteiger charge is 2.32. The molecule has 1 fully saturated rings. The van der Waals surface area contributed by atoms with Crippen molar-refractivity contribution in [3.05, 3.63) is 51.5 Å². The van der Waals surface area contributed by atoms with Crippen molar-refractivity contribution in [2.24, 2.45) is 0 Å². The summed E-state index contributed by atoms with van der Waals surface area (Å²) < 4.78 is 0. The second-order valence-electron chi connectivity index (χ2n) is 5.94. The molecule has 0 spiro atoms. The van der Waals surface area contributed by atoms with Gasteiger partial charge in [0.25, 0.3) is 0 Å². The normalized spacial score (nSPS) is 23.4. The van der Waals surface area contributed by atoms with Gasteiger partial charge in [-0.15, -0.1) is 11.3 Å². The third kappa shape index (κ3) is 2.79. The van der Waals surface area contributed by atoms with E-state index >= 15 is 0 Å². The lowest BCUT2D eigenvalue weighted by Crippen LogP contribution is -2.41. The van der Waals surface area contributed by atoms with Gasteiger partial charge in [0.05, 0.1) is 6.04 Å². The summed E-state index contributed by atoms with van der Waals surface area (Å²) in [7, 11) is 0. The molecule has 3 heteroatoms. The Bertz CT molecular complexity index is 584. The first-order chi connectivity index (χ1) is 9.63. The van der Waals surface area contributed by atoms with Crippen LogP contribution in [-0.2, 0) is 0 Å². The summed E-state index contributed by atoms with van der Waals surface area (Å²) in [6, 6.07) is 9.79. The number of hydrogen-bond donors (Lipinski definition) is 1. The Hall–Kier alpha value is -1.19. The van der Waals surface area contributed by atoms with Crippen LogP contribution < -0.4 is 5.32 Å². The molecule has 1 aromatic carbocycles. The maximum atomic E-state index is 4.57. The van der Waals surface area contributed by atoms with Crippen molar-refractivity contribution in [3.8, 4) is 0 Å². The van der Waals surface area contributed by atoms with Crippen LogP contribution in [0.1, 0.15) is 53.6 Å². The number of aromatic nitrogens is 1. The highest BCUT2D eigenvalue weighted by Crippen LogP contribution is 2.39. The van der Waals surface area contributed by atoms with E-state index in [1.165, 1.54) is 29.0 Å². The van der Waals surface area contributed by atoms with E-state index in [2.05, 4.69) is 60.7 Å². The van der Waals surface area contributed by atoms with E-state index in [4.69, 9.17) is 0 Å². The maximum Gasteiger partial charge on any atom is 0.110 e. The molecule has 1 N–H and O–H groups in total. The van der Waals surface area contributed by atoms with Gasteiger partial charge in [0.15, 0.2) is 0 Å². The van der Waals surface area contributed by atoms with Crippen molar-refractivity contribution in [2.45, 2.75) is 51.6 Å². The zero-order valence-corrected chi connectivity index (χ0v) is 13.2. The molecule has 0 amide bonds. The number of rotatable bonds is 4. The Balaban J connectivity index is 1.55. The SMILES string of the molecule is Cc1csc(C(C)NC2CC(c3ccccc3C)C2)n1. The summed E-state index contributed by atoms with van der Waals surface area (Å²) in [5.41, 5.74) is 4.09. The Morgan fingerprint density at radius 3 is 2.65 bits per heavy atom. The second-order valence-corrected chi connectivity index (χ2v) is 6.83. The number of aryl methyl sites for hydroxylation is 2. The number of hydrogen-bond acceptors (Lipinski definition) is 3. The maximum absolute atomic E-state index is 4.57. The molecule has 1 unspecified atom stereocenters. The van der Waals surface area contributed by atoms with Gasteiger partial charge in [0.1, 0.15) is 5.01 Å². The molecule has 2 nitrogen and oxygen atoms in total. The lowest BCUT2D eigenvalue weighted by Gasteiger charge is -2.38. The van der Waals surface area contributed by atoms with Crippen LogP contribution in [0.25, 0.3) is 0 Å². The molecule has 1 heterocycles. The minimum Gasteiger partial charge on any atom is -0.305 e. The molecule has 0 radical (unpaired) electrons. The van der Waals surface area contributed by atoms with Crippen LogP contribution in [-0.4, -0.2) is 11.0 Å². The molecule has 20 heavy (non-hydrogen) atoms. The summed E-state index contributed by atoms with van der Waals surface area (Å²) in [6.45, 7) is 6.50. The minimum atomic E-state index is 0.372. The van der Waals surface area contributed by atoms with Crippen LogP contribution in [0.3, 0.4) is 0 Å². The molecule has 1 atom stereocenters. The zero-order valence-electron chi connectivity index (χ0n) is 12.4. The smallest absolute Gasteiger partial charge is 0.110 e. The monoisotopic (exact) mass is 286 g/mol. The first kappa shape index (κ1) is 13.8. The van der Waals surface area contributed by atoms with Crippen LogP contribution in [0.15, 0.2) is 29.6 Å². The highest BCUT2D eigenvalue weighted by atomic mass is 32.1. The van der Waals surface area contributed by atoms with Gasteiger partial charge in [-0.1, -0.05) is 24.3 Å². The predicted molar refractivity (Wildman–Crippen MR) is 85.3 cm³/mol. The molecule has 1 aliphatic carbocycles. The summed E-state index contributed by atoms with van der Waals surface area (Å²) in [6.07, 6.45) is 2.50. The van der Waals surface area contributed by atoms with Crippen molar-refractivity contribution in [1.29, 1.82) is 0 Å². The van der Waals surface area contributed by atoms with Crippen LogP contribution in [0.2, 0.25) is 0 Å². The standard InChI is InChI=1S/C17H22N2S/c1-11-6-4-5-7-16(11)14-8-15(9-14)19-13(3)17-18-12(2)10-20-17/h4-7,10,13-15,19H,8-9H2,1-3H3. The largest absolute Gasteiger partial charge is 0.305 e. The fourth-order valence-electron chi connectivity index (χ4n) is 3.05. The fraction of sp³-hybridized carbons (Fsp3) is 0.471. The van der Waals surface area contributed by atoms with E-state index in [0.717, 1.165) is 11.6 Å². The predicted octanol–water partition coefficient (Wildman–Crippen LogP) is 4.36. The molecule has 1 aromatic heterocycles. The number of benzene rings is 1.